The summed E-state index contributed by atoms with van der Waals surface area (Å²) >= 11 is 0. The van der Waals surface area contributed by atoms with Gasteiger partial charge >= 0.3 is 0 Å². The molecule has 1 atom stereocenters. The molecule has 5 nitrogen and oxygen atoms in total. The normalized spacial score (nSPS) is 19.0. The number of nitrogens with zero attached hydrogens (tertiary/aromatic N) is 1. The molecule has 1 heterocycles. The molecule has 22 heavy (non-hydrogen) atoms. The summed E-state index contributed by atoms with van der Waals surface area (Å²) in [5.74, 6) is 3.04. The molecule has 0 spiro atoms. The van der Waals surface area contributed by atoms with E-state index >= 15 is 0 Å². The average Bonchev–Trinajstić information content (AvgIpc) is 2.55. The molecule has 0 radical (unpaired) electrons. The van der Waals surface area contributed by atoms with Crippen LogP contribution in [0.5, 0.6) is 17.2 Å². The smallest absolute Gasteiger partial charge is 0.164 e. The molecule has 1 aromatic rings. The molecule has 0 amide bonds. The van der Waals surface area contributed by atoms with Gasteiger partial charge in [0.15, 0.2) is 11.5 Å². The second-order valence-electron chi connectivity index (χ2n) is 5.82. The highest BCUT2D eigenvalue weighted by molar-refractivity contribution is 5.50. The lowest BCUT2D eigenvalue weighted by molar-refractivity contribution is 0.165. The lowest BCUT2D eigenvalue weighted by Gasteiger charge is -2.33. The number of hydrogen-bond donors (Lipinski definition) is 1. The molecule has 1 aliphatic rings. The molecule has 124 valence electrons. The van der Waals surface area contributed by atoms with Gasteiger partial charge < -0.3 is 19.5 Å². The highest BCUT2D eigenvalue weighted by Crippen LogP contribution is 2.35. The third-order valence-corrected chi connectivity index (χ3v) is 4.28. The number of likely N-dealkylation sites (tertiary alicyclic amines) is 1. The van der Waals surface area contributed by atoms with E-state index in [4.69, 9.17) is 14.2 Å². The van der Waals surface area contributed by atoms with Crippen LogP contribution in [0.3, 0.4) is 0 Å². The van der Waals surface area contributed by atoms with E-state index in [1.165, 1.54) is 12.8 Å². The van der Waals surface area contributed by atoms with Crippen molar-refractivity contribution in [1.29, 1.82) is 0 Å². The van der Waals surface area contributed by atoms with Crippen LogP contribution in [0, 0.1) is 5.92 Å². The first-order chi connectivity index (χ1) is 10.7. The van der Waals surface area contributed by atoms with Gasteiger partial charge in [-0.3, -0.25) is 4.90 Å². The fourth-order valence-corrected chi connectivity index (χ4v) is 3.21. The van der Waals surface area contributed by atoms with Crippen LogP contribution in [0.25, 0.3) is 0 Å². The first kappa shape index (κ1) is 16.9. The lowest BCUT2D eigenvalue weighted by atomic mass is 9.97. The van der Waals surface area contributed by atoms with E-state index < -0.39 is 0 Å². The Bertz CT molecular complexity index is 477. The van der Waals surface area contributed by atoms with E-state index in [-0.39, 0.29) is 0 Å². The predicted octanol–water partition coefficient (Wildman–Crippen LogP) is 2.14. The standard InChI is InChI=1S/C17H28N2O3/c1-18-10-13-6-5-7-19(11-13)12-14-8-16(21-3)17(22-4)9-15(14)20-2/h8-9,13,18H,5-7,10-12H2,1-4H3. The van der Waals surface area contributed by atoms with Crippen LogP contribution in [-0.2, 0) is 6.54 Å². The van der Waals surface area contributed by atoms with Gasteiger partial charge in [-0.05, 0) is 45.0 Å². The number of ether oxygens (including phenoxy) is 3. The first-order valence-electron chi connectivity index (χ1n) is 7.87. The molecule has 1 aromatic carbocycles. The second-order valence-corrected chi connectivity index (χ2v) is 5.82. The van der Waals surface area contributed by atoms with Gasteiger partial charge in [0.2, 0.25) is 0 Å². The van der Waals surface area contributed by atoms with Crippen LogP contribution >= 0.6 is 0 Å². The van der Waals surface area contributed by atoms with E-state index in [0.29, 0.717) is 5.75 Å². The Balaban J connectivity index is 2.13. The van der Waals surface area contributed by atoms with Gasteiger partial charge in [-0.15, -0.1) is 0 Å². The van der Waals surface area contributed by atoms with Gasteiger partial charge in [0.05, 0.1) is 21.3 Å². The van der Waals surface area contributed by atoms with E-state index in [1.54, 1.807) is 21.3 Å². The van der Waals surface area contributed by atoms with Crippen LogP contribution in [0.2, 0.25) is 0 Å². The minimum atomic E-state index is 0.704. The summed E-state index contributed by atoms with van der Waals surface area (Å²) in [4.78, 5) is 2.50. The van der Waals surface area contributed by atoms with Gasteiger partial charge in [0.1, 0.15) is 5.75 Å². The molecule has 1 aliphatic heterocycles. The van der Waals surface area contributed by atoms with Crippen molar-refractivity contribution in [2.45, 2.75) is 19.4 Å². The van der Waals surface area contributed by atoms with Crippen molar-refractivity contribution in [1.82, 2.24) is 10.2 Å². The lowest BCUT2D eigenvalue weighted by Crippen LogP contribution is -2.38. The summed E-state index contributed by atoms with van der Waals surface area (Å²) in [6.07, 6.45) is 2.56. The maximum atomic E-state index is 5.53. The summed E-state index contributed by atoms with van der Waals surface area (Å²) in [5, 5.41) is 3.29. The summed E-state index contributed by atoms with van der Waals surface area (Å²) in [6, 6.07) is 3.93. The Labute approximate surface area is 133 Å². The molecule has 0 aromatic heterocycles. The zero-order chi connectivity index (χ0) is 15.9. The number of hydrogen-bond acceptors (Lipinski definition) is 5. The van der Waals surface area contributed by atoms with Crippen molar-refractivity contribution in [3.8, 4) is 17.2 Å². The predicted molar refractivity (Wildman–Crippen MR) is 88.0 cm³/mol. The van der Waals surface area contributed by atoms with Crippen molar-refractivity contribution in [2.75, 3.05) is 48.0 Å². The van der Waals surface area contributed by atoms with Crippen LogP contribution in [0.4, 0.5) is 0 Å². The summed E-state index contributed by atoms with van der Waals surface area (Å²) in [5.41, 5.74) is 1.14. The first-order valence-corrected chi connectivity index (χ1v) is 7.87. The highest BCUT2D eigenvalue weighted by atomic mass is 16.5. The minimum absolute atomic E-state index is 0.704. The third-order valence-electron chi connectivity index (χ3n) is 4.28. The van der Waals surface area contributed by atoms with Gasteiger partial charge in [-0.25, -0.2) is 0 Å². The Hall–Kier alpha value is -1.46. The number of piperidine rings is 1. The molecule has 1 N–H and O–H groups in total. The van der Waals surface area contributed by atoms with Crippen LogP contribution in [0.15, 0.2) is 12.1 Å². The van der Waals surface area contributed by atoms with Crippen molar-refractivity contribution in [3.05, 3.63) is 17.7 Å². The Morgan fingerprint density at radius 3 is 2.41 bits per heavy atom. The molecular formula is C17H28N2O3. The van der Waals surface area contributed by atoms with E-state index in [9.17, 15) is 0 Å². The van der Waals surface area contributed by atoms with E-state index in [1.807, 2.05) is 19.2 Å². The molecule has 0 saturated carbocycles. The average molecular weight is 308 g/mol. The van der Waals surface area contributed by atoms with Crippen molar-refractivity contribution < 1.29 is 14.2 Å². The van der Waals surface area contributed by atoms with Crippen LogP contribution < -0.4 is 19.5 Å². The topological polar surface area (TPSA) is 43.0 Å². The van der Waals surface area contributed by atoms with Gasteiger partial charge in [-0.1, -0.05) is 0 Å². The molecule has 0 bridgehead atoms. The SMILES string of the molecule is CNCC1CCCN(Cc2cc(OC)c(OC)cc2OC)C1. The highest BCUT2D eigenvalue weighted by Gasteiger charge is 2.21. The molecule has 0 aliphatic carbocycles. The summed E-state index contributed by atoms with van der Waals surface area (Å²) in [7, 11) is 7.03. The van der Waals surface area contributed by atoms with Gasteiger partial charge in [-0.2, -0.15) is 0 Å². The second kappa shape index (κ2) is 8.25. The Kier molecular flexibility index (Phi) is 6.34. The molecule has 1 saturated heterocycles. The van der Waals surface area contributed by atoms with Crippen LogP contribution in [-0.4, -0.2) is 52.9 Å². The van der Waals surface area contributed by atoms with Gasteiger partial charge in [0, 0.05) is 24.7 Å². The molecular weight excluding hydrogens is 280 g/mol. The largest absolute Gasteiger partial charge is 0.496 e. The molecule has 2 rings (SSSR count). The van der Waals surface area contributed by atoms with E-state index in [0.717, 1.165) is 49.2 Å². The zero-order valence-electron chi connectivity index (χ0n) is 14.1. The molecule has 1 fully saturated rings. The van der Waals surface area contributed by atoms with Crippen molar-refractivity contribution in [3.63, 3.8) is 0 Å². The number of methoxy groups -OCH3 is 3. The number of rotatable bonds is 7. The number of nitrogens with one attached hydrogen (secondary N) is 1. The van der Waals surface area contributed by atoms with Crippen molar-refractivity contribution >= 4 is 0 Å². The monoisotopic (exact) mass is 308 g/mol. The zero-order valence-corrected chi connectivity index (χ0v) is 14.1. The fourth-order valence-electron chi connectivity index (χ4n) is 3.21. The molecule has 1 unspecified atom stereocenters. The molecule has 5 heteroatoms. The summed E-state index contributed by atoms with van der Waals surface area (Å²) in [6.45, 7) is 4.22. The Morgan fingerprint density at radius 1 is 1.09 bits per heavy atom. The maximum Gasteiger partial charge on any atom is 0.164 e. The summed E-state index contributed by atoms with van der Waals surface area (Å²) < 4.78 is 16.3. The van der Waals surface area contributed by atoms with E-state index in [2.05, 4.69) is 10.2 Å². The fraction of sp³-hybridized carbons (Fsp3) is 0.647. The number of benzene rings is 1. The van der Waals surface area contributed by atoms with Crippen LogP contribution in [0.1, 0.15) is 18.4 Å². The van der Waals surface area contributed by atoms with Crippen molar-refractivity contribution in [2.24, 2.45) is 5.92 Å². The van der Waals surface area contributed by atoms with Gasteiger partial charge in [0.25, 0.3) is 0 Å². The Morgan fingerprint density at radius 2 is 1.77 bits per heavy atom. The maximum absolute atomic E-state index is 5.53. The third kappa shape index (κ3) is 4.05. The minimum Gasteiger partial charge on any atom is -0.496 e. The quantitative estimate of drug-likeness (QED) is 0.836.